The lowest BCUT2D eigenvalue weighted by Crippen LogP contribution is -2.18. The van der Waals surface area contributed by atoms with Crippen LogP contribution in [-0.2, 0) is 6.54 Å². The molecule has 0 spiro atoms. The molecule has 0 atom stereocenters. The van der Waals surface area contributed by atoms with Crippen LogP contribution in [0.25, 0.3) is 21.8 Å². The number of aromatic nitrogens is 1. The summed E-state index contributed by atoms with van der Waals surface area (Å²) < 4.78 is 14.3. The summed E-state index contributed by atoms with van der Waals surface area (Å²) in [6.07, 6.45) is 0. The summed E-state index contributed by atoms with van der Waals surface area (Å²) in [4.78, 5) is 30.8. The summed E-state index contributed by atoms with van der Waals surface area (Å²) in [5.41, 5.74) is 2.05. The Labute approximate surface area is 166 Å². The number of amides is 1. The third kappa shape index (κ3) is 3.50. The van der Waals surface area contributed by atoms with Crippen molar-refractivity contribution in [1.29, 1.82) is 0 Å². The van der Waals surface area contributed by atoms with Gasteiger partial charge in [0.1, 0.15) is 5.82 Å². The molecule has 0 fully saturated rings. The molecule has 4 aromatic rings. The third-order valence-corrected chi connectivity index (χ3v) is 4.81. The molecule has 4 rings (SSSR count). The first-order valence-electron chi connectivity index (χ1n) is 9.23. The highest BCUT2D eigenvalue weighted by Crippen LogP contribution is 2.22. The Morgan fingerprint density at radius 2 is 1.66 bits per heavy atom. The fourth-order valence-electron chi connectivity index (χ4n) is 3.49. The van der Waals surface area contributed by atoms with Gasteiger partial charge in [-0.2, -0.15) is 0 Å². The standard InChI is InChI=1S/C23H20FN3O2/c1-27(2)13-14-7-3-4-12-19(14)25-23(29)17-10-5-8-15-20(17)26-21-16(22(15)28)9-6-11-18(21)24/h3-12H,13H2,1-2H3,(H,25,29)(H,26,28). The van der Waals surface area contributed by atoms with Gasteiger partial charge < -0.3 is 15.2 Å². The zero-order chi connectivity index (χ0) is 20.5. The average Bonchev–Trinajstić information content (AvgIpc) is 2.70. The molecule has 1 heterocycles. The number of halogens is 1. The number of rotatable bonds is 4. The second-order valence-electron chi connectivity index (χ2n) is 7.19. The van der Waals surface area contributed by atoms with E-state index >= 15 is 0 Å². The first-order valence-corrected chi connectivity index (χ1v) is 9.23. The van der Waals surface area contributed by atoms with Gasteiger partial charge in [0.2, 0.25) is 0 Å². The molecule has 1 aromatic heterocycles. The highest BCUT2D eigenvalue weighted by molar-refractivity contribution is 6.13. The van der Waals surface area contributed by atoms with E-state index in [1.807, 2.05) is 43.3 Å². The summed E-state index contributed by atoms with van der Waals surface area (Å²) in [6, 6.07) is 16.8. The number of fused-ring (bicyclic) bond motifs is 2. The molecule has 0 aliphatic heterocycles. The maximum absolute atomic E-state index is 14.3. The summed E-state index contributed by atoms with van der Waals surface area (Å²) in [5, 5.41) is 3.53. The molecule has 0 radical (unpaired) electrons. The van der Waals surface area contributed by atoms with Crippen molar-refractivity contribution in [3.63, 3.8) is 0 Å². The minimum Gasteiger partial charge on any atom is -0.351 e. The first kappa shape index (κ1) is 18.8. The van der Waals surface area contributed by atoms with Crippen LogP contribution in [0, 0.1) is 5.82 Å². The SMILES string of the molecule is CN(C)Cc1ccccc1NC(=O)c1cccc2c(=O)c3cccc(F)c3[nH]c12. The van der Waals surface area contributed by atoms with E-state index in [1.54, 1.807) is 24.3 Å². The summed E-state index contributed by atoms with van der Waals surface area (Å²) >= 11 is 0. The predicted octanol–water partition coefficient (Wildman–Crippen LogP) is 4.13. The monoisotopic (exact) mass is 389 g/mol. The zero-order valence-corrected chi connectivity index (χ0v) is 16.1. The Hall–Kier alpha value is -3.51. The number of H-pyrrole nitrogens is 1. The molecular weight excluding hydrogens is 369 g/mol. The highest BCUT2D eigenvalue weighted by Gasteiger charge is 2.16. The number of carbonyl (C=O) groups excluding carboxylic acids is 1. The Balaban J connectivity index is 1.83. The second kappa shape index (κ2) is 7.48. The number of anilines is 1. The van der Waals surface area contributed by atoms with E-state index in [0.717, 1.165) is 5.56 Å². The molecule has 0 aliphatic carbocycles. The smallest absolute Gasteiger partial charge is 0.257 e. The van der Waals surface area contributed by atoms with Crippen LogP contribution in [0.5, 0.6) is 0 Å². The Morgan fingerprint density at radius 3 is 2.41 bits per heavy atom. The number of pyridine rings is 1. The lowest BCUT2D eigenvalue weighted by atomic mass is 10.1. The number of carbonyl (C=O) groups is 1. The molecule has 0 aliphatic rings. The maximum atomic E-state index is 14.3. The van der Waals surface area contributed by atoms with Gasteiger partial charge in [-0.3, -0.25) is 9.59 Å². The summed E-state index contributed by atoms with van der Waals surface area (Å²) in [5.74, 6) is -0.902. The number of aromatic amines is 1. The third-order valence-electron chi connectivity index (χ3n) is 4.81. The number of nitrogens with one attached hydrogen (secondary N) is 2. The normalized spacial score (nSPS) is 11.3. The molecule has 0 saturated carbocycles. The molecule has 5 nitrogen and oxygen atoms in total. The molecule has 29 heavy (non-hydrogen) atoms. The molecule has 2 N–H and O–H groups in total. The van der Waals surface area contributed by atoms with Crippen molar-refractivity contribution in [2.75, 3.05) is 19.4 Å². The van der Waals surface area contributed by atoms with Gasteiger partial charge in [-0.1, -0.05) is 30.3 Å². The van der Waals surface area contributed by atoms with Crippen molar-refractivity contribution in [2.45, 2.75) is 6.54 Å². The maximum Gasteiger partial charge on any atom is 0.257 e. The van der Waals surface area contributed by atoms with Crippen molar-refractivity contribution in [3.05, 3.63) is 87.8 Å². The molecule has 0 unspecified atom stereocenters. The van der Waals surface area contributed by atoms with Gasteiger partial charge >= 0.3 is 0 Å². The summed E-state index contributed by atoms with van der Waals surface area (Å²) in [6.45, 7) is 0.665. The van der Waals surface area contributed by atoms with E-state index in [1.165, 1.54) is 12.1 Å². The number of hydrogen-bond acceptors (Lipinski definition) is 3. The van der Waals surface area contributed by atoms with Crippen molar-refractivity contribution in [2.24, 2.45) is 0 Å². The fourth-order valence-corrected chi connectivity index (χ4v) is 3.49. The van der Waals surface area contributed by atoms with Crippen LogP contribution in [0.2, 0.25) is 0 Å². The number of nitrogens with zero attached hydrogens (tertiary/aromatic N) is 1. The van der Waals surface area contributed by atoms with Crippen LogP contribution in [0.1, 0.15) is 15.9 Å². The topological polar surface area (TPSA) is 65.2 Å². The van der Waals surface area contributed by atoms with E-state index in [-0.39, 0.29) is 27.8 Å². The Kier molecular flexibility index (Phi) is 4.86. The largest absolute Gasteiger partial charge is 0.351 e. The quantitative estimate of drug-likeness (QED) is 0.516. The molecule has 6 heteroatoms. The van der Waals surface area contributed by atoms with E-state index in [4.69, 9.17) is 0 Å². The fraction of sp³-hybridized carbons (Fsp3) is 0.130. The number of benzene rings is 3. The second-order valence-corrected chi connectivity index (χ2v) is 7.19. The van der Waals surface area contributed by atoms with Crippen LogP contribution in [0.15, 0.2) is 65.5 Å². The summed E-state index contributed by atoms with van der Waals surface area (Å²) in [7, 11) is 3.90. The Bertz CT molecular complexity index is 1290. The van der Waals surface area contributed by atoms with Crippen LogP contribution in [-0.4, -0.2) is 29.9 Å². The van der Waals surface area contributed by atoms with Crippen LogP contribution in [0.4, 0.5) is 10.1 Å². The minimum absolute atomic E-state index is 0.0956. The first-order chi connectivity index (χ1) is 14.0. The van der Waals surface area contributed by atoms with Gasteiger partial charge in [-0.05, 0) is 50.0 Å². The lowest BCUT2D eigenvalue weighted by Gasteiger charge is -2.15. The predicted molar refractivity (Wildman–Crippen MR) is 114 cm³/mol. The van der Waals surface area contributed by atoms with Gasteiger partial charge in [0.15, 0.2) is 5.43 Å². The van der Waals surface area contributed by atoms with Crippen molar-refractivity contribution in [3.8, 4) is 0 Å². The Morgan fingerprint density at radius 1 is 0.966 bits per heavy atom. The van der Waals surface area contributed by atoms with Crippen LogP contribution >= 0.6 is 0 Å². The van der Waals surface area contributed by atoms with E-state index in [9.17, 15) is 14.0 Å². The van der Waals surface area contributed by atoms with Crippen molar-refractivity contribution >= 4 is 33.4 Å². The van der Waals surface area contributed by atoms with E-state index < -0.39 is 5.82 Å². The minimum atomic E-state index is -0.534. The molecule has 3 aromatic carbocycles. The molecular formula is C23H20FN3O2. The highest BCUT2D eigenvalue weighted by atomic mass is 19.1. The van der Waals surface area contributed by atoms with Gasteiger partial charge in [-0.15, -0.1) is 0 Å². The van der Waals surface area contributed by atoms with Crippen LogP contribution in [0.3, 0.4) is 0 Å². The van der Waals surface area contributed by atoms with E-state index in [2.05, 4.69) is 10.3 Å². The molecule has 1 amide bonds. The lowest BCUT2D eigenvalue weighted by molar-refractivity contribution is 0.102. The molecule has 146 valence electrons. The average molecular weight is 389 g/mol. The van der Waals surface area contributed by atoms with Gasteiger partial charge in [-0.25, -0.2) is 4.39 Å². The van der Waals surface area contributed by atoms with Gasteiger partial charge in [0.05, 0.1) is 16.6 Å². The van der Waals surface area contributed by atoms with Gasteiger partial charge in [0, 0.05) is 23.0 Å². The van der Waals surface area contributed by atoms with Gasteiger partial charge in [0.25, 0.3) is 5.91 Å². The van der Waals surface area contributed by atoms with Crippen LogP contribution < -0.4 is 10.7 Å². The molecule has 0 bridgehead atoms. The number of hydrogen-bond donors (Lipinski definition) is 2. The molecule has 0 saturated heterocycles. The van der Waals surface area contributed by atoms with Crippen molar-refractivity contribution in [1.82, 2.24) is 9.88 Å². The zero-order valence-electron chi connectivity index (χ0n) is 16.1. The number of para-hydroxylation sites is 3. The van der Waals surface area contributed by atoms with Crippen molar-refractivity contribution < 1.29 is 9.18 Å². The van der Waals surface area contributed by atoms with E-state index in [0.29, 0.717) is 23.1 Å².